The zero-order valence-electron chi connectivity index (χ0n) is 9.05. The molecule has 2 atom stereocenters. The molecule has 0 aliphatic carbocycles. The normalized spacial score (nSPS) is 23.5. The lowest BCUT2D eigenvalue weighted by molar-refractivity contribution is -0.149. The summed E-state index contributed by atoms with van der Waals surface area (Å²) in [4.78, 5) is 28.3. The second kappa shape index (κ2) is 4.96. The van der Waals surface area contributed by atoms with Crippen LogP contribution in [0.4, 0.5) is 5.82 Å². The van der Waals surface area contributed by atoms with E-state index >= 15 is 0 Å². The van der Waals surface area contributed by atoms with Gasteiger partial charge in [-0.25, -0.2) is 9.78 Å². The summed E-state index contributed by atoms with van der Waals surface area (Å²) in [5.41, 5.74) is -0.305. The lowest BCUT2D eigenvalue weighted by Crippen LogP contribution is -2.26. The predicted molar refractivity (Wildman–Crippen MR) is 58.9 cm³/mol. The highest BCUT2D eigenvalue weighted by Crippen LogP contribution is 2.19. The van der Waals surface area contributed by atoms with Crippen molar-refractivity contribution >= 4 is 11.8 Å². The molecule has 2 heterocycles. The number of carboxylic acid groups (broad SMARTS) is 1. The number of H-pyrrole nitrogens is 1. The molecule has 17 heavy (non-hydrogen) atoms. The first-order chi connectivity index (χ1) is 8.16. The smallest absolute Gasteiger partial charge is 0.332 e. The first-order valence-corrected chi connectivity index (χ1v) is 5.32. The molecule has 1 aliphatic rings. The van der Waals surface area contributed by atoms with E-state index in [1.165, 1.54) is 12.4 Å². The summed E-state index contributed by atoms with van der Waals surface area (Å²) in [6, 6.07) is 0. The Kier molecular flexibility index (Phi) is 3.38. The SMILES string of the molecule is O=C(O)C1CCC(CNc2ncc[nH]c2=O)O1. The molecule has 1 fully saturated rings. The van der Waals surface area contributed by atoms with E-state index in [1.54, 1.807) is 0 Å². The second-order valence-corrected chi connectivity index (χ2v) is 3.81. The molecule has 3 N–H and O–H groups in total. The lowest BCUT2D eigenvalue weighted by atomic mass is 10.2. The van der Waals surface area contributed by atoms with Crippen molar-refractivity contribution in [1.29, 1.82) is 0 Å². The Morgan fingerprint density at radius 2 is 2.47 bits per heavy atom. The average Bonchev–Trinajstić information content (AvgIpc) is 2.77. The highest BCUT2D eigenvalue weighted by molar-refractivity contribution is 5.72. The maximum Gasteiger partial charge on any atom is 0.332 e. The van der Waals surface area contributed by atoms with Crippen LogP contribution in [0.3, 0.4) is 0 Å². The molecular formula is C10H13N3O4. The molecule has 0 saturated carbocycles. The number of aromatic amines is 1. The summed E-state index contributed by atoms with van der Waals surface area (Å²) in [7, 11) is 0. The van der Waals surface area contributed by atoms with Gasteiger partial charge in [-0.05, 0) is 12.8 Å². The standard InChI is InChI=1S/C10H13N3O4/c14-9-8(11-3-4-12-9)13-5-6-1-2-7(17-6)10(15)16/h3-4,6-7H,1-2,5H2,(H,11,13)(H,12,14)(H,15,16). The van der Waals surface area contributed by atoms with Crippen LogP contribution in [0.15, 0.2) is 17.2 Å². The monoisotopic (exact) mass is 239 g/mol. The molecule has 0 amide bonds. The van der Waals surface area contributed by atoms with Crippen molar-refractivity contribution in [2.45, 2.75) is 25.0 Å². The van der Waals surface area contributed by atoms with Crippen LogP contribution >= 0.6 is 0 Å². The topological polar surface area (TPSA) is 104 Å². The van der Waals surface area contributed by atoms with Crippen molar-refractivity contribution in [3.63, 3.8) is 0 Å². The van der Waals surface area contributed by atoms with Crippen molar-refractivity contribution in [3.05, 3.63) is 22.7 Å². The van der Waals surface area contributed by atoms with Crippen LogP contribution in [0.5, 0.6) is 0 Å². The molecule has 7 heteroatoms. The van der Waals surface area contributed by atoms with E-state index in [9.17, 15) is 9.59 Å². The molecule has 1 aromatic heterocycles. The van der Waals surface area contributed by atoms with Gasteiger partial charge in [0.25, 0.3) is 5.56 Å². The van der Waals surface area contributed by atoms with Crippen LogP contribution in [-0.4, -0.2) is 39.8 Å². The fourth-order valence-corrected chi connectivity index (χ4v) is 1.73. The van der Waals surface area contributed by atoms with Crippen LogP contribution in [0.2, 0.25) is 0 Å². The predicted octanol–water partition coefficient (Wildman–Crippen LogP) is -0.186. The summed E-state index contributed by atoms with van der Waals surface area (Å²) in [6.45, 7) is 0.379. The van der Waals surface area contributed by atoms with Gasteiger partial charge in [0.15, 0.2) is 11.9 Å². The number of aliphatic carboxylic acids is 1. The first-order valence-electron chi connectivity index (χ1n) is 5.32. The van der Waals surface area contributed by atoms with Crippen molar-refractivity contribution in [2.24, 2.45) is 0 Å². The van der Waals surface area contributed by atoms with E-state index < -0.39 is 12.1 Å². The van der Waals surface area contributed by atoms with Crippen molar-refractivity contribution in [3.8, 4) is 0 Å². The van der Waals surface area contributed by atoms with Crippen LogP contribution in [-0.2, 0) is 9.53 Å². The largest absolute Gasteiger partial charge is 0.479 e. The Labute approximate surface area is 96.8 Å². The molecule has 0 bridgehead atoms. The zero-order valence-corrected chi connectivity index (χ0v) is 9.05. The van der Waals surface area contributed by atoms with Gasteiger partial charge in [-0.1, -0.05) is 0 Å². The number of carboxylic acids is 1. The number of nitrogens with one attached hydrogen (secondary N) is 2. The van der Waals surface area contributed by atoms with E-state index in [-0.39, 0.29) is 17.5 Å². The van der Waals surface area contributed by atoms with Crippen molar-refractivity contribution in [2.75, 3.05) is 11.9 Å². The number of anilines is 1. The van der Waals surface area contributed by atoms with E-state index in [0.29, 0.717) is 19.4 Å². The van der Waals surface area contributed by atoms with Crippen LogP contribution < -0.4 is 10.9 Å². The number of carbonyl (C=O) groups is 1. The van der Waals surface area contributed by atoms with Gasteiger partial charge in [-0.3, -0.25) is 4.79 Å². The summed E-state index contributed by atoms with van der Waals surface area (Å²) in [5, 5.41) is 11.6. The van der Waals surface area contributed by atoms with Gasteiger partial charge >= 0.3 is 5.97 Å². The van der Waals surface area contributed by atoms with Crippen molar-refractivity contribution < 1.29 is 14.6 Å². The average molecular weight is 239 g/mol. The third kappa shape index (κ3) is 2.82. The minimum Gasteiger partial charge on any atom is -0.479 e. The molecule has 2 rings (SSSR count). The number of hydrogen-bond donors (Lipinski definition) is 3. The van der Waals surface area contributed by atoms with Crippen LogP contribution in [0.1, 0.15) is 12.8 Å². The number of rotatable bonds is 4. The quantitative estimate of drug-likeness (QED) is 0.673. The van der Waals surface area contributed by atoms with Gasteiger partial charge in [-0.15, -0.1) is 0 Å². The maximum absolute atomic E-state index is 11.3. The van der Waals surface area contributed by atoms with Gasteiger partial charge in [0.1, 0.15) is 0 Å². The van der Waals surface area contributed by atoms with Gasteiger partial charge < -0.3 is 20.1 Å². The summed E-state index contributed by atoms with van der Waals surface area (Å²) >= 11 is 0. The second-order valence-electron chi connectivity index (χ2n) is 3.81. The van der Waals surface area contributed by atoms with Gasteiger partial charge in [-0.2, -0.15) is 0 Å². The molecule has 0 aromatic carbocycles. The molecule has 7 nitrogen and oxygen atoms in total. The van der Waals surface area contributed by atoms with Gasteiger partial charge in [0.2, 0.25) is 0 Å². The Balaban J connectivity index is 1.86. The third-order valence-electron chi connectivity index (χ3n) is 2.59. The molecule has 0 spiro atoms. The molecule has 1 aliphatic heterocycles. The fraction of sp³-hybridized carbons (Fsp3) is 0.500. The molecule has 1 saturated heterocycles. The van der Waals surface area contributed by atoms with Crippen molar-refractivity contribution in [1.82, 2.24) is 9.97 Å². The maximum atomic E-state index is 11.3. The minimum absolute atomic E-state index is 0.197. The highest BCUT2D eigenvalue weighted by Gasteiger charge is 2.30. The third-order valence-corrected chi connectivity index (χ3v) is 2.59. The Hall–Kier alpha value is -1.89. The number of nitrogens with zero attached hydrogens (tertiary/aromatic N) is 1. The Morgan fingerprint density at radius 3 is 3.12 bits per heavy atom. The number of hydrogen-bond acceptors (Lipinski definition) is 5. The molecule has 92 valence electrons. The van der Waals surface area contributed by atoms with E-state index in [2.05, 4.69) is 15.3 Å². The highest BCUT2D eigenvalue weighted by atomic mass is 16.5. The lowest BCUT2D eigenvalue weighted by Gasteiger charge is -2.11. The van der Waals surface area contributed by atoms with Crippen LogP contribution in [0.25, 0.3) is 0 Å². The molecule has 0 radical (unpaired) electrons. The van der Waals surface area contributed by atoms with Crippen LogP contribution in [0, 0.1) is 0 Å². The first kappa shape index (κ1) is 11.6. The number of ether oxygens (including phenoxy) is 1. The van der Waals surface area contributed by atoms with E-state index in [4.69, 9.17) is 9.84 Å². The molecule has 1 aromatic rings. The molecule has 2 unspecified atom stereocenters. The number of aromatic nitrogens is 2. The molecular weight excluding hydrogens is 226 g/mol. The van der Waals surface area contributed by atoms with Gasteiger partial charge in [0, 0.05) is 18.9 Å². The van der Waals surface area contributed by atoms with Gasteiger partial charge in [0.05, 0.1) is 6.10 Å². The van der Waals surface area contributed by atoms with E-state index in [1.807, 2.05) is 0 Å². The zero-order chi connectivity index (χ0) is 12.3. The Morgan fingerprint density at radius 1 is 1.65 bits per heavy atom. The minimum atomic E-state index is -0.941. The fourth-order valence-electron chi connectivity index (χ4n) is 1.73. The summed E-state index contributed by atoms with van der Waals surface area (Å²) in [6.07, 6.45) is 3.15. The van der Waals surface area contributed by atoms with E-state index in [0.717, 1.165) is 0 Å². The summed E-state index contributed by atoms with van der Waals surface area (Å²) in [5.74, 6) is -0.724. The summed E-state index contributed by atoms with van der Waals surface area (Å²) < 4.78 is 5.28. The Bertz CT molecular complexity index is 459.